The fraction of sp³-hybridized carbons (Fsp3) is 1.00. The predicted molar refractivity (Wildman–Crippen MR) is 64.4 cm³/mol. The van der Waals surface area contributed by atoms with Crippen LogP contribution in [-0.4, -0.2) is 49.0 Å². The predicted octanol–water partition coefficient (Wildman–Crippen LogP) is 1.65. The van der Waals surface area contributed by atoms with Gasteiger partial charge in [-0.05, 0) is 26.3 Å². The molecule has 3 heteroatoms. The second-order valence-corrected chi connectivity index (χ2v) is 5.42. The van der Waals surface area contributed by atoms with Gasteiger partial charge in [-0.25, -0.2) is 0 Å². The Kier molecular flexibility index (Phi) is 4.62. The molecule has 1 saturated carbocycles. The Bertz CT molecular complexity index is 198. The van der Waals surface area contributed by atoms with Gasteiger partial charge in [-0.15, -0.1) is 0 Å². The molecule has 0 aromatic carbocycles. The largest absolute Gasteiger partial charge is 0.391 e. The number of nitrogens with zero attached hydrogens (tertiary/aromatic N) is 1. The van der Waals surface area contributed by atoms with E-state index in [-0.39, 0.29) is 6.10 Å². The van der Waals surface area contributed by atoms with E-state index >= 15 is 0 Å². The van der Waals surface area contributed by atoms with Crippen LogP contribution >= 0.6 is 0 Å². The smallest absolute Gasteiger partial charge is 0.0718 e. The summed E-state index contributed by atoms with van der Waals surface area (Å²) in [7, 11) is 2.16. The highest BCUT2D eigenvalue weighted by atomic mass is 16.5. The zero-order valence-electron chi connectivity index (χ0n) is 10.4. The Hall–Kier alpha value is -0.120. The van der Waals surface area contributed by atoms with E-state index in [0.717, 1.165) is 26.2 Å². The van der Waals surface area contributed by atoms with Crippen molar-refractivity contribution in [3.05, 3.63) is 0 Å². The molecule has 0 radical (unpaired) electrons. The molecule has 0 amide bonds. The van der Waals surface area contributed by atoms with Crippen LogP contribution in [0.2, 0.25) is 0 Å². The maximum atomic E-state index is 10.1. The number of likely N-dealkylation sites (N-methyl/N-ethyl adjacent to an activating group) is 1. The molecule has 2 fully saturated rings. The summed E-state index contributed by atoms with van der Waals surface area (Å²) in [5.41, 5.74) is 0. The summed E-state index contributed by atoms with van der Waals surface area (Å²) in [5, 5.41) is 10.1. The van der Waals surface area contributed by atoms with E-state index in [2.05, 4.69) is 11.9 Å². The Morgan fingerprint density at radius 1 is 1.25 bits per heavy atom. The summed E-state index contributed by atoms with van der Waals surface area (Å²) in [6, 6.07) is 0.700. The average Bonchev–Trinajstić information content (AvgIpc) is 2.83. The Labute approximate surface area is 98.8 Å². The van der Waals surface area contributed by atoms with E-state index in [1.165, 1.54) is 32.1 Å². The molecule has 3 nitrogen and oxygen atoms in total. The third kappa shape index (κ3) is 3.19. The van der Waals surface area contributed by atoms with E-state index in [9.17, 15) is 5.11 Å². The van der Waals surface area contributed by atoms with Crippen LogP contribution in [0.4, 0.5) is 0 Å². The zero-order valence-corrected chi connectivity index (χ0v) is 10.4. The first-order valence-electron chi connectivity index (χ1n) is 6.73. The second-order valence-electron chi connectivity index (χ2n) is 5.42. The topological polar surface area (TPSA) is 32.7 Å². The van der Waals surface area contributed by atoms with E-state index in [4.69, 9.17) is 4.74 Å². The molecule has 0 aromatic heterocycles. The fourth-order valence-electron chi connectivity index (χ4n) is 2.97. The molecule has 2 aliphatic rings. The minimum Gasteiger partial charge on any atom is -0.391 e. The molecule has 1 aliphatic carbocycles. The van der Waals surface area contributed by atoms with Crippen LogP contribution in [0.5, 0.6) is 0 Å². The van der Waals surface area contributed by atoms with Gasteiger partial charge < -0.3 is 14.7 Å². The van der Waals surface area contributed by atoms with Crippen molar-refractivity contribution < 1.29 is 9.84 Å². The number of hydrogen-bond donors (Lipinski definition) is 1. The minimum absolute atomic E-state index is 0.200. The summed E-state index contributed by atoms with van der Waals surface area (Å²) >= 11 is 0. The Morgan fingerprint density at radius 3 is 2.62 bits per heavy atom. The van der Waals surface area contributed by atoms with Gasteiger partial charge in [0.25, 0.3) is 0 Å². The van der Waals surface area contributed by atoms with Gasteiger partial charge in [0, 0.05) is 25.1 Å². The van der Waals surface area contributed by atoms with Crippen LogP contribution < -0.4 is 0 Å². The van der Waals surface area contributed by atoms with Gasteiger partial charge in [0.15, 0.2) is 0 Å². The van der Waals surface area contributed by atoms with Crippen LogP contribution in [0.1, 0.15) is 38.5 Å². The Morgan fingerprint density at radius 2 is 2.00 bits per heavy atom. The van der Waals surface area contributed by atoms with E-state index < -0.39 is 0 Å². The van der Waals surface area contributed by atoms with Gasteiger partial charge in [0.05, 0.1) is 12.7 Å². The van der Waals surface area contributed by atoms with Gasteiger partial charge in [0.2, 0.25) is 0 Å². The summed E-state index contributed by atoms with van der Waals surface area (Å²) in [6.07, 6.45) is 7.56. The molecule has 1 heterocycles. The van der Waals surface area contributed by atoms with E-state index in [1.54, 1.807) is 0 Å². The second kappa shape index (κ2) is 5.99. The third-order valence-corrected chi connectivity index (χ3v) is 4.18. The highest BCUT2D eigenvalue weighted by molar-refractivity contribution is 4.79. The monoisotopic (exact) mass is 227 g/mol. The van der Waals surface area contributed by atoms with Crippen LogP contribution in [-0.2, 0) is 4.74 Å². The normalized spacial score (nSPS) is 29.8. The first kappa shape index (κ1) is 12.3. The maximum absolute atomic E-state index is 10.1. The third-order valence-electron chi connectivity index (χ3n) is 4.18. The fourth-order valence-corrected chi connectivity index (χ4v) is 2.97. The van der Waals surface area contributed by atoms with Crippen molar-refractivity contribution in [3.63, 3.8) is 0 Å². The lowest BCUT2D eigenvalue weighted by molar-refractivity contribution is 0.0451. The Balaban J connectivity index is 1.74. The van der Waals surface area contributed by atoms with Crippen LogP contribution in [0.3, 0.4) is 0 Å². The van der Waals surface area contributed by atoms with Crippen molar-refractivity contribution in [3.8, 4) is 0 Å². The maximum Gasteiger partial charge on any atom is 0.0718 e. The number of ether oxygens (including phenoxy) is 1. The molecule has 2 rings (SSSR count). The number of aliphatic hydroxyl groups excluding tert-OH is 1. The lowest BCUT2D eigenvalue weighted by atomic mass is 9.93. The summed E-state index contributed by atoms with van der Waals surface area (Å²) in [4.78, 5) is 2.36. The van der Waals surface area contributed by atoms with Gasteiger partial charge in [-0.3, -0.25) is 0 Å². The van der Waals surface area contributed by atoms with E-state index in [1.807, 2.05) is 0 Å². The quantitative estimate of drug-likeness (QED) is 0.792. The van der Waals surface area contributed by atoms with Crippen LogP contribution in [0, 0.1) is 5.92 Å². The van der Waals surface area contributed by atoms with Crippen molar-refractivity contribution in [2.24, 2.45) is 5.92 Å². The van der Waals surface area contributed by atoms with Crippen molar-refractivity contribution in [2.45, 2.75) is 50.7 Å². The molecule has 1 N–H and O–H groups in total. The van der Waals surface area contributed by atoms with Gasteiger partial charge in [-0.2, -0.15) is 0 Å². The van der Waals surface area contributed by atoms with Gasteiger partial charge in [0.1, 0.15) is 0 Å². The van der Waals surface area contributed by atoms with Crippen molar-refractivity contribution >= 4 is 0 Å². The molecular weight excluding hydrogens is 202 g/mol. The molecule has 2 unspecified atom stereocenters. The lowest BCUT2D eigenvalue weighted by Gasteiger charge is -2.33. The number of hydrogen-bond acceptors (Lipinski definition) is 3. The molecule has 0 spiro atoms. The zero-order chi connectivity index (χ0) is 11.4. The molecule has 2 atom stereocenters. The molecule has 1 aliphatic heterocycles. The van der Waals surface area contributed by atoms with Crippen molar-refractivity contribution in [1.29, 1.82) is 0 Å². The SMILES string of the molecule is CN(CC(O)C1CCOC1)C1CCCCC1. The molecule has 94 valence electrons. The molecule has 0 aromatic rings. The summed E-state index contributed by atoms with van der Waals surface area (Å²) < 4.78 is 5.33. The summed E-state index contributed by atoms with van der Waals surface area (Å²) in [5.74, 6) is 0.367. The van der Waals surface area contributed by atoms with Gasteiger partial charge in [-0.1, -0.05) is 19.3 Å². The average molecular weight is 227 g/mol. The summed E-state index contributed by atoms with van der Waals surface area (Å²) in [6.45, 7) is 2.40. The standard InChI is InChI=1S/C13H25NO2/c1-14(12-5-3-2-4-6-12)9-13(15)11-7-8-16-10-11/h11-13,15H,2-10H2,1H3. The number of aliphatic hydroxyl groups is 1. The van der Waals surface area contributed by atoms with Crippen molar-refractivity contribution in [1.82, 2.24) is 4.90 Å². The molecule has 16 heavy (non-hydrogen) atoms. The first-order valence-corrected chi connectivity index (χ1v) is 6.73. The first-order chi connectivity index (χ1) is 7.77. The van der Waals surface area contributed by atoms with Gasteiger partial charge >= 0.3 is 0 Å². The van der Waals surface area contributed by atoms with Crippen LogP contribution in [0.25, 0.3) is 0 Å². The molecule has 1 saturated heterocycles. The highest BCUT2D eigenvalue weighted by Crippen LogP contribution is 2.23. The highest BCUT2D eigenvalue weighted by Gasteiger charge is 2.27. The number of rotatable bonds is 4. The lowest BCUT2D eigenvalue weighted by Crippen LogP contribution is -2.41. The molecule has 0 bridgehead atoms. The minimum atomic E-state index is -0.200. The molecular formula is C13H25NO2. The van der Waals surface area contributed by atoms with Crippen LogP contribution in [0.15, 0.2) is 0 Å². The van der Waals surface area contributed by atoms with E-state index in [0.29, 0.717) is 12.0 Å². The van der Waals surface area contributed by atoms with Crippen molar-refractivity contribution in [2.75, 3.05) is 26.8 Å².